The number of aromatic nitrogens is 2. The van der Waals surface area contributed by atoms with Crippen LogP contribution in [0.5, 0.6) is 0 Å². The van der Waals surface area contributed by atoms with Gasteiger partial charge in [-0.2, -0.15) is 0 Å². The normalized spacial score (nSPS) is 19.9. The molecule has 0 saturated carbocycles. The number of sulfone groups is 1. The van der Waals surface area contributed by atoms with Crippen molar-refractivity contribution in [2.45, 2.75) is 32.1 Å². The van der Waals surface area contributed by atoms with Gasteiger partial charge in [-0.15, -0.1) is 11.3 Å². The molecule has 2 aromatic rings. The Hall–Kier alpha value is -1.25. The SMILES string of the molecule is CS(=O)(=O)CC1(CNc2ncnc3sc4c(c23)CCC4)CCOCC1. The molecular weight excluding hydrogens is 358 g/mol. The number of hydrogen-bond acceptors (Lipinski definition) is 7. The topological polar surface area (TPSA) is 81.2 Å². The van der Waals surface area contributed by atoms with E-state index in [2.05, 4.69) is 15.3 Å². The molecule has 0 unspecified atom stereocenters. The summed E-state index contributed by atoms with van der Waals surface area (Å²) in [6.45, 7) is 1.83. The van der Waals surface area contributed by atoms with Gasteiger partial charge in [0.1, 0.15) is 26.8 Å². The lowest BCUT2D eigenvalue weighted by atomic mass is 9.82. The maximum atomic E-state index is 11.9. The van der Waals surface area contributed by atoms with Crippen molar-refractivity contribution in [1.82, 2.24) is 9.97 Å². The zero-order valence-corrected chi connectivity index (χ0v) is 16.0. The van der Waals surface area contributed by atoms with Crippen molar-refractivity contribution in [3.8, 4) is 0 Å². The molecule has 0 aromatic carbocycles. The quantitative estimate of drug-likeness (QED) is 0.857. The number of hydrogen-bond donors (Lipinski definition) is 1. The summed E-state index contributed by atoms with van der Waals surface area (Å²) in [6, 6.07) is 0. The van der Waals surface area contributed by atoms with Gasteiger partial charge in [-0.25, -0.2) is 18.4 Å². The van der Waals surface area contributed by atoms with Gasteiger partial charge in [-0.1, -0.05) is 0 Å². The largest absolute Gasteiger partial charge is 0.381 e. The maximum Gasteiger partial charge on any atom is 0.148 e. The molecule has 1 aliphatic carbocycles. The standard InChI is InChI=1S/C17H23N3O3S2/c1-25(21,22)10-17(5-7-23-8-6-17)9-18-15-14-12-3-2-4-13(12)24-16(14)20-11-19-15/h11H,2-10H2,1H3,(H,18,19,20). The monoisotopic (exact) mass is 381 g/mol. The molecule has 1 fully saturated rings. The van der Waals surface area contributed by atoms with Gasteiger partial charge in [0.15, 0.2) is 0 Å². The van der Waals surface area contributed by atoms with E-state index in [-0.39, 0.29) is 11.2 Å². The predicted molar refractivity (Wildman–Crippen MR) is 100 cm³/mol. The van der Waals surface area contributed by atoms with Crippen LogP contribution in [0.1, 0.15) is 29.7 Å². The molecular formula is C17H23N3O3S2. The fourth-order valence-corrected chi connectivity index (χ4v) is 6.80. The Balaban J connectivity index is 1.62. The van der Waals surface area contributed by atoms with E-state index in [4.69, 9.17) is 4.74 Å². The second-order valence-electron chi connectivity index (χ2n) is 7.30. The zero-order chi connectivity index (χ0) is 17.5. The molecule has 6 nitrogen and oxygen atoms in total. The number of thiophene rings is 1. The van der Waals surface area contributed by atoms with Crippen LogP contribution in [-0.4, -0.2) is 50.2 Å². The fourth-order valence-electron chi connectivity index (χ4n) is 4.07. The second-order valence-corrected chi connectivity index (χ2v) is 10.5. The predicted octanol–water partition coefficient (Wildman–Crippen LogP) is 2.43. The molecule has 0 radical (unpaired) electrons. The minimum Gasteiger partial charge on any atom is -0.381 e. The number of aryl methyl sites for hydroxylation is 2. The summed E-state index contributed by atoms with van der Waals surface area (Å²) in [5.74, 6) is 1.04. The molecule has 1 N–H and O–H groups in total. The third-order valence-corrected chi connectivity index (χ3v) is 7.59. The van der Waals surface area contributed by atoms with Crippen molar-refractivity contribution >= 4 is 37.2 Å². The van der Waals surface area contributed by atoms with Crippen LogP contribution in [0.15, 0.2) is 6.33 Å². The lowest BCUT2D eigenvalue weighted by molar-refractivity contribution is 0.0315. The van der Waals surface area contributed by atoms with Crippen molar-refractivity contribution in [3.63, 3.8) is 0 Å². The second kappa shape index (κ2) is 6.48. The van der Waals surface area contributed by atoms with Crippen LogP contribution in [-0.2, 0) is 27.4 Å². The summed E-state index contributed by atoms with van der Waals surface area (Å²) in [5, 5.41) is 4.61. The van der Waals surface area contributed by atoms with Crippen LogP contribution in [0.2, 0.25) is 0 Å². The first-order chi connectivity index (χ1) is 12.0. The third kappa shape index (κ3) is 3.52. The first-order valence-electron chi connectivity index (χ1n) is 8.70. The lowest BCUT2D eigenvalue weighted by Gasteiger charge is -2.36. The molecule has 0 spiro atoms. The highest BCUT2D eigenvalue weighted by Gasteiger charge is 2.36. The van der Waals surface area contributed by atoms with Crippen molar-refractivity contribution in [2.24, 2.45) is 5.41 Å². The van der Waals surface area contributed by atoms with Crippen molar-refractivity contribution in [1.29, 1.82) is 0 Å². The molecule has 8 heteroatoms. The fraction of sp³-hybridized carbons (Fsp3) is 0.647. The van der Waals surface area contributed by atoms with E-state index in [1.165, 1.54) is 23.1 Å². The molecule has 2 aromatic heterocycles. The van der Waals surface area contributed by atoms with Crippen LogP contribution >= 0.6 is 11.3 Å². The molecule has 3 heterocycles. The summed E-state index contributed by atoms with van der Waals surface area (Å²) in [7, 11) is -3.05. The van der Waals surface area contributed by atoms with Gasteiger partial charge >= 0.3 is 0 Å². The van der Waals surface area contributed by atoms with E-state index in [0.29, 0.717) is 19.8 Å². The van der Waals surface area contributed by atoms with Crippen molar-refractivity contribution in [3.05, 3.63) is 16.8 Å². The van der Waals surface area contributed by atoms with E-state index in [0.717, 1.165) is 41.7 Å². The first kappa shape index (κ1) is 17.2. The highest BCUT2D eigenvalue weighted by Crippen LogP contribution is 2.40. The van der Waals surface area contributed by atoms with E-state index < -0.39 is 9.84 Å². The summed E-state index contributed by atoms with van der Waals surface area (Å²) >= 11 is 1.76. The minimum atomic E-state index is -3.05. The summed E-state index contributed by atoms with van der Waals surface area (Å²) in [5.41, 5.74) is 1.09. The molecule has 2 aliphatic rings. The molecule has 136 valence electrons. The molecule has 1 saturated heterocycles. The summed E-state index contributed by atoms with van der Waals surface area (Å²) in [4.78, 5) is 11.4. The Morgan fingerprint density at radius 1 is 1.28 bits per heavy atom. The molecule has 0 bridgehead atoms. The number of ether oxygens (including phenoxy) is 1. The minimum absolute atomic E-state index is 0.187. The van der Waals surface area contributed by atoms with E-state index >= 15 is 0 Å². The number of nitrogens with zero attached hydrogens (tertiary/aromatic N) is 2. The Morgan fingerprint density at radius 2 is 2.08 bits per heavy atom. The van der Waals surface area contributed by atoms with Gasteiger partial charge in [0, 0.05) is 36.3 Å². The Labute approximate surface area is 151 Å². The lowest BCUT2D eigenvalue weighted by Crippen LogP contribution is -2.41. The maximum absolute atomic E-state index is 11.9. The Bertz CT molecular complexity index is 886. The highest BCUT2D eigenvalue weighted by molar-refractivity contribution is 7.90. The summed E-state index contributed by atoms with van der Waals surface area (Å²) < 4.78 is 29.4. The number of rotatable bonds is 5. The van der Waals surface area contributed by atoms with Gasteiger partial charge in [0.05, 0.1) is 11.1 Å². The van der Waals surface area contributed by atoms with Crippen LogP contribution in [0.4, 0.5) is 5.82 Å². The van der Waals surface area contributed by atoms with Crippen LogP contribution in [0, 0.1) is 5.41 Å². The van der Waals surface area contributed by atoms with Crippen molar-refractivity contribution in [2.75, 3.05) is 37.1 Å². The van der Waals surface area contributed by atoms with Gasteiger partial charge < -0.3 is 10.1 Å². The third-order valence-electron chi connectivity index (χ3n) is 5.25. The molecule has 0 atom stereocenters. The average molecular weight is 382 g/mol. The highest BCUT2D eigenvalue weighted by atomic mass is 32.2. The molecule has 0 amide bonds. The Morgan fingerprint density at radius 3 is 2.84 bits per heavy atom. The molecule has 25 heavy (non-hydrogen) atoms. The van der Waals surface area contributed by atoms with Crippen LogP contribution < -0.4 is 5.32 Å². The summed E-state index contributed by atoms with van der Waals surface area (Å²) in [6.07, 6.45) is 7.83. The first-order valence-corrected chi connectivity index (χ1v) is 11.6. The van der Waals surface area contributed by atoms with Crippen LogP contribution in [0.3, 0.4) is 0 Å². The van der Waals surface area contributed by atoms with E-state index in [1.54, 1.807) is 17.7 Å². The number of anilines is 1. The number of nitrogens with one attached hydrogen (secondary N) is 1. The van der Waals surface area contributed by atoms with Gasteiger partial charge in [-0.3, -0.25) is 0 Å². The zero-order valence-electron chi connectivity index (χ0n) is 14.4. The molecule has 4 rings (SSSR count). The van der Waals surface area contributed by atoms with Gasteiger partial charge in [0.25, 0.3) is 0 Å². The molecule has 1 aliphatic heterocycles. The van der Waals surface area contributed by atoms with E-state index in [9.17, 15) is 8.42 Å². The Kier molecular flexibility index (Phi) is 4.45. The van der Waals surface area contributed by atoms with Crippen LogP contribution in [0.25, 0.3) is 10.2 Å². The smallest absolute Gasteiger partial charge is 0.148 e. The van der Waals surface area contributed by atoms with Crippen molar-refractivity contribution < 1.29 is 13.2 Å². The van der Waals surface area contributed by atoms with Gasteiger partial charge in [-0.05, 0) is 37.7 Å². The van der Waals surface area contributed by atoms with Gasteiger partial charge in [0.2, 0.25) is 0 Å². The van der Waals surface area contributed by atoms with E-state index in [1.807, 2.05) is 0 Å². The number of fused-ring (bicyclic) bond motifs is 3. The average Bonchev–Trinajstić information content (AvgIpc) is 3.13.